The molecule has 102 valence electrons. The first-order valence-electron chi connectivity index (χ1n) is 6.86. The number of amides is 1. The van der Waals surface area contributed by atoms with Gasteiger partial charge in [0.15, 0.2) is 0 Å². The van der Waals surface area contributed by atoms with Crippen LogP contribution in [0.1, 0.15) is 27.9 Å². The van der Waals surface area contributed by atoms with Gasteiger partial charge in [0.2, 0.25) is 0 Å². The molecule has 2 aromatic carbocycles. The first-order valence-corrected chi connectivity index (χ1v) is 7.24. The lowest BCUT2D eigenvalue weighted by Gasteiger charge is -2.15. The number of aryl methyl sites for hydroxylation is 1. The van der Waals surface area contributed by atoms with Crippen molar-refractivity contribution in [3.8, 4) is 0 Å². The maximum Gasteiger partial charge on any atom is 0.256 e. The summed E-state index contributed by atoms with van der Waals surface area (Å²) in [4.78, 5) is 14.2. The molecule has 0 radical (unpaired) electrons. The molecule has 0 N–H and O–H groups in total. The second-order valence-electron chi connectivity index (χ2n) is 5.09. The number of halogens is 1. The van der Waals surface area contributed by atoms with Crippen LogP contribution in [0.15, 0.2) is 48.5 Å². The Balaban J connectivity index is 1.61. The fourth-order valence-corrected chi connectivity index (χ4v) is 2.95. The zero-order valence-corrected chi connectivity index (χ0v) is 11.9. The number of rotatable bonds is 4. The number of nitrogens with zero attached hydrogens (tertiary/aromatic N) is 1. The highest BCUT2D eigenvalue weighted by Gasteiger charge is 2.28. The van der Waals surface area contributed by atoms with Gasteiger partial charge in [0.25, 0.3) is 5.91 Å². The highest BCUT2D eigenvalue weighted by Crippen LogP contribution is 2.29. The zero-order chi connectivity index (χ0) is 13.9. The molecule has 0 aromatic heterocycles. The SMILES string of the molecule is O=C1c2c(Cl)cccc2CN1CCCc1ccccc1. The minimum atomic E-state index is 0.0682. The Morgan fingerprint density at radius 3 is 2.60 bits per heavy atom. The van der Waals surface area contributed by atoms with Crippen molar-refractivity contribution < 1.29 is 4.79 Å². The Morgan fingerprint density at radius 1 is 1.05 bits per heavy atom. The average Bonchev–Trinajstić information content (AvgIpc) is 2.78. The molecule has 0 unspecified atom stereocenters. The summed E-state index contributed by atoms with van der Waals surface area (Å²) in [5.74, 6) is 0.0682. The van der Waals surface area contributed by atoms with Gasteiger partial charge in [-0.2, -0.15) is 0 Å². The Labute approximate surface area is 124 Å². The summed E-state index contributed by atoms with van der Waals surface area (Å²) in [6.07, 6.45) is 1.97. The van der Waals surface area contributed by atoms with E-state index in [9.17, 15) is 4.79 Å². The third kappa shape index (κ3) is 2.56. The fraction of sp³-hybridized carbons (Fsp3) is 0.235. The second-order valence-corrected chi connectivity index (χ2v) is 5.50. The quantitative estimate of drug-likeness (QED) is 0.833. The lowest BCUT2D eigenvalue weighted by atomic mass is 10.1. The molecule has 3 heteroatoms. The molecule has 0 fully saturated rings. The third-order valence-corrected chi connectivity index (χ3v) is 4.01. The number of hydrogen-bond donors (Lipinski definition) is 0. The lowest BCUT2D eigenvalue weighted by molar-refractivity contribution is 0.0777. The van der Waals surface area contributed by atoms with Crippen LogP contribution in [0.25, 0.3) is 0 Å². The van der Waals surface area contributed by atoms with Crippen LogP contribution in [-0.4, -0.2) is 17.4 Å². The number of carbonyl (C=O) groups excluding carboxylic acids is 1. The van der Waals surface area contributed by atoms with Crippen LogP contribution in [-0.2, 0) is 13.0 Å². The van der Waals surface area contributed by atoms with Gasteiger partial charge in [-0.3, -0.25) is 4.79 Å². The number of fused-ring (bicyclic) bond motifs is 1. The largest absolute Gasteiger partial charge is 0.334 e. The minimum absolute atomic E-state index is 0.0682. The highest BCUT2D eigenvalue weighted by molar-refractivity contribution is 6.34. The van der Waals surface area contributed by atoms with Crippen molar-refractivity contribution in [2.45, 2.75) is 19.4 Å². The molecule has 2 aromatic rings. The Kier molecular flexibility index (Phi) is 3.75. The Hall–Kier alpha value is -1.80. The lowest BCUT2D eigenvalue weighted by Crippen LogP contribution is -2.25. The van der Waals surface area contributed by atoms with Gasteiger partial charge < -0.3 is 4.90 Å². The van der Waals surface area contributed by atoms with Gasteiger partial charge in [-0.25, -0.2) is 0 Å². The van der Waals surface area contributed by atoms with E-state index >= 15 is 0 Å². The standard InChI is InChI=1S/C17H16ClNO/c18-15-10-4-9-14-12-19(17(20)16(14)15)11-5-8-13-6-2-1-3-7-13/h1-4,6-7,9-10H,5,8,11-12H2. The maximum atomic E-state index is 12.3. The van der Waals surface area contributed by atoms with Crippen LogP contribution in [0.3, 0.4) is 0 Å². The smallest absolute Gasteiger partial charge is 0.256 e. The molecule has 20 heavy (non-hydrogen) atoms. The molecule has 0 atom stereocenters. The van der Waals surface area contributed by atoms with Crippen molar-refractivity contribution in [3.05, 3.63) is 70.2 Å². The Morgan fingerprint density at radius 2 is 1.85 bits per heavy atom. The van der Waals surface area contributed by atoms with Gasteiger partial charge in [0, 0.05) is 13.1 Å². The molecular formula is C17H16ClNO. The predicted octanol–water partition coefficient (Wildman–Crippen LogP) is 3.93. The summed E-state index contributed by atoms with van der Waals surface area (Å²) in [7, 11) is 0. The molecule has 0 saturated carbocycles. The van der Waals surface area contributed by atoms with Gasteiger partial charge >= 0.3 is 0 Å². The first-order chi connectivity index (χ1) is 9.75. The molecule has 0 saturated heterocycles. The molecule has 3 rings (SSSR count). The van der Waals surface area contributed by atoms with E-state index in [-0.39, 0.29) is 5.91 Å². The van der Waals surface area contributed by atoms with Crippen LogP contribution in [0.4, 0.5) is 0 Å². The van der Waals surface area contributed by atoms with E-state index in [4.69, 9.17) is 11.6 Å². The van der Waals surface area contributed by atoms with Gasteiger partial charge in [0.05, 0.1) is 10.6 Å². The molecule has 2 nitrogen and oxygen atoms in total. The minimum Gasteiger partial charge on any atom is -0.334 e. The number of hydrogen-bond acceptors (Lipinski definition) is 1. The third-order valence-electron chi connectivity index (χ3n) is 3.70. The normalized spacial score (nSPS) is 13.7. The summed E-state index contributed by atoms with van der Waals surface area (Å²) in [6, 6.07) is 16.0. The van der Waals surface area contributed by atoms with Crippen molar-refractivity contribution in [2.24, 2.45) is 0 Å². The van der Waals surface area contributed by atoms with E-state index in [0.717, 1.165) is 24.9 Å². The van der Waals surface area contributed by atoms with Crippen LogP contribution < -0.4 is 0 Å². The van der Waals surface area contributed by atoms with Crippen LogP contribution in [0.5, 0.6) is 0 Å². The summed E-state index contributed by atoms with van der Waals surface area (Å²) in [5, 5.41) is 0.568. The van der Waals surface area contributed by atoms with E-state index in [1.807, 2.05) is 35.2 Å². The maximum absolute atomic E-state index is 12.3. The Bertz CT molecular complexity index is 624. The van der Waals surface area contributed by atoms with Crippen LogP contribution in [0, 0.1) is 0 Å². The van der Waals surface area contributed by atoms with E-state index in [1.165, 1.54) is 5.56 Å². The molecule has 0 spiro atoms. The number of carbonyl (C=O) groups is 1. The predicted molar refractivity (Wildman–Crippen MR) is 81.0 cm³/mol. The molecule has 0 bridgehead atoms. The van der Waals surface area contributed by atoms with Gasteiger partial charge in [-0.05, 0) is 30.0 Å². The van der Waals surface area contributed by atoms with E-state index in [2.05, 4.69) is 12.1 Å². The first kappa shape index (κ1) is 13.2. The zero-order valence-electron chi connectivity index (χ0n) is 11.2. The fourth-order valence-electron chi connectivity index (χ4n) is 2.67. The van der Waals surface area contributed by atoms with Gasteiger partial charge in [0.1, 0.15) is 0 Å². The van der Waals surface area contributed by atoms with Crippen molar-refractivity contribution in [3.63, 3.8) is 0 Å². The van der Waals surface area contributed by atoms with Crippen molar-refractivity contribution >= 4 is 17.5 Å². The summed E-state index contributed by atoms with van der Waals surface area (Å²) in [5.41, 5.74) is 3.05. The molecule has 0 aliphatic carbocycles. The summed E-state index contributed by atoms with van der Waals surface area (Å²) < 4.78 is 0. The van der Waals surface area contributed by atoms with Gasteiger partial charge in [-0.15, -0.1) is 0 Å². The van der Waals surface area contributed by atoms with Gasteiger partial charge in [-0.1, -0.05) is 54.1 Å². The van der Waals surface area contributed by atoms with Crippen LogP contribution >= 0.6 is 11.6 Å². The van der Waals surface area contributed by atoms with E-state index < -0.39 is 0 Å². The van der Waals surface area contributed by atoms with Crippen LogP contribution in [0.2, 0.25) is 5.02 Å². The molecule has 1 heterocycles. The van der Waals surface area contributed by atoms with E-state index in [0.29, 0.717) is 17.1 Å². The topological polar surface area (TPSA) is 20.3 Å². The summed E-state index contributed by atoms with van der Waals surface area (Å²) in [6.45, 7) is 1.46. The molecule has 1 amide bonds. The number of benzene rings is 2. The van der Waals surface area contributed by atoms with Crippen molar-refractivity contribution in [1.29, 1.82) is 0 Å². The summed E-state index contributed by atoms with van der Waals surface area (Å²) >= 11 is 6.11. The monoisotopic (exact) mass is 285 g/mol. The molecule has 1 aliphatic heterocycles. The second kappa shape index (κ2) is 5.68. The van der Waals surface area contributed by atoms with E-state index in [1.54, 1.807) is 6.07 Å². The molecule has 1 aliphatic rings. The highest BCUT2D eigenvalue weighted by atomic mass is 35.5. The average molecular weight is 286 g/mol. The van der Waals surface area contributed by atoms with Crippen molar-refractivity contribution in [1.82, 2.24) is 4.90 Å². The van der Waals surface area contributed by atoms with Crippen molar-refractivity contribution in [2.75, 3.05) is 6.54 Å². The molecular weight excluding hydrogens is 270 g/mol.